The third-order valence-electron chi connectivity index (χ3n) is 4.15. The molecule has 0 aliphatic carbocycles. The first-order valence-electron chi connectivity index (χ1n) is 8.49. The van der Waals surface area contributed by atoms with Crippen molar-refractivity contribution in [2.75, 3.05) is 32.8 Å². The smallest absolute Gasteiger partial charge is 0.243 e. The number of nitrogens with zero attached hydrogens (tertiary/aromatic N) is 2. The predicted molar refractivity (Wildman–Crippen MR) is 92.5 cm³/mol. The lowest BCUT2D eigenvalue weighted by Crippen LogP contribution is -2.44. The monoisotopic (exact) mass is 354 g/mol. The topological polar surface area (TPSA) is 66.9 Å². The predicted octanol–water partition coefficient (Wildman–Crippen LogP) is 2.11. The molecule has 0 N–H and O–H groups in total. The largest absolute Gasteiger partial charge is 0.494 e. The second-order valence-electron chi connectivity index (χ2n) is 5.78. The lowest BCUT2D eigenvalue weighted by atomic mass is 10.1. The minimum atomic E-state index is -3.69. The number of piperidine rings is 1. The normalized spacial score (nSPS) is 15.5. The summed E-state index contributed by atoms with van der Waals surface area (Å²) in [4.78, 5) is 14.3. The number of hydrogen-bond donors (Lipinski definition) is 0. The highest BCUT2D eigenvalue weighted by Gasteiger charge is 2.27. The molecule has 134 valence electrons. The van der Waals surface area contributed by atoms with Crippen molar-refractivity contribution in [3.63, 3.8) is 0 Å². The average Bonchev–Trinajstić information content (AvgIpc) is 2.60. The molecule has 0 saturated carbocycles. The Hall–Kier alpha value is -1.60. The third kappa shape index (κ3) is 4.48. The van der Waals surface area contributed by atoms with Gasteiger partial charge >= 0.3 is 0 Å². The minimum Gasteiger partial charge on any atom is -0.494 e. The number of carbonyl (C=O) groups is 1. The first-order valence-corrected chi connectivity index (χ1v) is 9.93. The Morgan fingerprint density at radius 1 is 1.12 bits per heavy atom. The molecular formula is C17H26N2O4S. The molecule has 24 heavy (non-hydrogen) atoms. The van der Waals surface area contributed by atoms with Gasteiger partial charge in [-0.05, 0) is 50.5 Å². The van der Waals surface area contributed by atoms with E-state index in [-0.39, 0.29) is 23.9 Å². The van der Waals surface area contributed by atoms with E-state index >= 15 is 0 Å². The van der Waals surface area contributed by atoms with Crippen molar-refractivity contribution < 1.29 is 17.9 Å². The van der Waals surface area contributed by atoms with Crippen LogP contribution in [0.5, 0.6) is 5.75 Å². The van der Waals surface area contributed by atoms with E-state index in [2.05, 4.69) is 0 Å². The standard InChI is InChI=1S/C17H26N2O4S/c1-3-19(14-17(20)18-12-6-5-7-13-18)24(21,22)16-10-8-15(9-11-16)23-4-2/h8-11H,3-7,12-14H2,1-2H3. The highest BCUT2D eigenvalue weighted by molar-refractivity contribution is 7.89. The number of rotatable bonds is 7. The average molecular weight is 354 g/mol. The fourth-order valence-electron chi connectivity index (χ4n) is 2.78. The van der Waals surface area contributed by atoms with Crippen LogP contribution >= 0.6 is 0 Å². The maximum Gasteiger partial charge on any atom is 0.243 e. The van der Waals surface area contributed by atoms with E-state index in [1.807, 2.05) is 6.92 Å². The van der Waals surface area contributed by atoms with Crippen molar-refractivity contribution in [3.8, 4) is 5.75 Å². The van der Waals surface area contributed by atoms with Crippen LogP contribution < -0.4 is 4.74 Å². The first kappa shape index (κ1) is 18.7. The Kier molecular flexibility index (Phi) is 6.62. The molecule has 0 aromatic heterocycles. The van der Waals surface area contributed by atoms with Crippen LogP contribution in [-0.2, 0) is 14.8 Å². The molecule has 1 aliphatic rings. The zero-order valence-electron chi connectivity index (χ0n) is 14.4. The SMILES string of the molecule is CCOc1ccc(S(=O)(=O)N(CC)CC(=O)N2CCCCC2)cc1. The highest BCUT2D eigenvalue weighted by atomic mass is 32.2. The molecule has 6 nitrogen and oxygen atoms in total. The van der Waals surface area contributed by atoms with Crippen molar-refractivity contribution in [1.29, 1.82) is 0 Å². The van der Waals surface area contributed by atoms with Crippen molar-refractivity contribution in [3.05, 3.63) is 24.3 Å². The molecule has 7 heteroatoms. The molecule has 0 bridgehead atoms. The number of sulfonamides is 1. The van der Waals surface area contributed by atoms with Crippen LogP contribution in [-0.4, -0.2) is 56.3 Å². The van der Waals surface area contributed by atoms with Crippen LogP contribution in [0.1, 0.15) is 33.1 Å². The number of likely N-dealkylation sites (N-methyl/N-ethyl adjacent to an activating group) is 1. The van der Waals surface area contributed by atoms with Gasteiger partial charge in [0, 0.05) is 19.6 Å². The second kappa shape index (κ2) is 8.48. The minimum absolute atomic E-state index is 0.105. The highest BCUT2D eigenvalue weighted by Crippen LogP contribution is 2.20. The zero-order chi connectivity index (χ0) is 17.6. The number of benzene rings is 1. The van der Waals surface area contributed by atoms with Crippen molar-refractivity contribution >= 4 is 15.9 Å². The lowest BCUT2D eigenvalue weighted by molar-refractivity contribution is -0.132. The van der Waals surface area contributed by atoms with E-state index in [1.165, 1.54) is 16.4 Å². The molecule has 1 aliphatic heterocycles. The maximum absolute atomic E-state index is 12.8. The summed E-state index contributed by atoms with van der Waals surface area (Å²) in [6, 6.07) is 6.32. The molecule has 0 atom stereocenters. The molecule has 0 spiro atoms. The van der Waals surface area contributed by atoms with Crippen LogP contribution in [0.15, 0.2) is 29.2 Å². The number of hydrogen-bond acceptors (Lipinski definition) is 4. The van der Waals surface area contributed by atoms with Gasteiger partial charge in [-0.15, -0.1) is 0 Å². The Morgan fingerprint density at radius 3 is 2.29 bits per heavy atom. The van der Waals surface area contributed by atoms with Gasteiger partial charge in [-0.2, -0.15) is 4.31 Å². The van der Waals surface area contributed by atoms with Gasteiger partial charge in [-0.1, -0.05) is 6.92 Å². The molecule has 1 aromatic rings. The summed E-state index contributed by atoms with van der Waals surface area (Å²) < 4.78 is 32.1. The van der Waals surface area contributed by atoms with Gasteiger partial charge < -0.3 is 9.64 Å². The summed E-state index contributed by atoms with van der Waals surface area (Å²) in [7, 11) is -3.69. The number of likely N-dealkylation sites (tertiary alicyclic amines) is 1. The molecule has 2 rings (SSSR count). The summed E-state index contributed by atoms with van der Waals surface area (Å²) in [5.74, 6) is 0.509. The van der Waals surface area contributed by atoms with Crippen LogP contribution in [0.25, 0.3) is 0 Å². The third-order valence-corrected chi connectivity index (χ3v) is 6.08. The van der Waals surface area contributed by atoms with E-state index in [9.17, 15) is 13.2 Å². The zero-order valence-corrected chi connectivity index (χ0v) is 15.2. The van der Waals surface area contributed by atoms with E-state index < -0.39 is 10.0 Å². The maximum atomic E-state index is 12.8. The Morgan fingerprint density at radius 2 is 1.75 bits per heavy atom. The summed E-state index contributed by atoms with van der Waals surface area (Å²) in [5.41, 5.74) is 0. The van der Waals surface area contributed by atoms with Crippen LogP contribution in [0.2, 0.25) is 0 Å². The molecule has 0 unspecified atom stereocenters. The van der Waals surface area contributed by atoms with Crippen molar-refractivity contribution in [2.24, 2.45) is 0 Å². The number of ether oxygens (including phenoxy) is 1. The van der Waals surface area contributed by atoms with E-state index in [1.54, 1.807) is 24.0 Å². The van der Waals surface area contributed by atoms with Gasteiger partial charge in [0.05, 0.1) is 18.0 Å². The summed E-state index contributed by atoms with van der Waals surface area (Å²) >= 11 is 0. The number of carbonyl (C=O) groups excluding carboxylic acids is 1. The summed E-state index contributed by atoms with van der Waals surface area (Å²) in [6.45, 7) is 5.74. The van der Waals surface area contributed by atoms with Gasteiger partial charge in [0.1, 0.15) is 5.75 Å². The molecule has 1 amide bonds. The first-order chi connectivity index (χ1) is 11.5. The Labute approximate surface area is 144 Å². The summed E-state index contributed by atoms with van der Waals surface area (Å²) in [6.07, 6.45) is 3.11. The van der Waals surface area contributed by atoms with Crippen LogP contribution in [0, 0.1) is 0 Å². The van der Waals surface area contributed by atoms with E-state index in [0.717, 1.165) is 32.4 Å². The van der Waals surface area contributed by atoms with E-state index in [4.69, 9.17) is 4.74 Å². The van der Waals surface area contributed by atoms with Gasteiger partial charge in [-0.3, -0.25) is 4.79 Å². The molecule has 1 aromatic carbocycles. The molecule has 1 saturated heterocycles. The van der Waals surface area contributed by atoms with Gasteiger partial charge in [0.25, 0.3) is 0 Å². The van der Waals surface area contributed by atoms with Crippen molar-refractivity contribution in [2.45, 2.75) is 38.0 Å². The van der Waals surface area contributed by atoms with E-state index in [0.29, 0.717) is 12.4 Å². The summed E-state index contributed by atoms with van der Waals surface area (Å²) in [5, 5.41) is 0. The lowest BCUT2D eigenvalue weighted by Gasteiger charge is -2.29. The van der Waals surface area contributed by atoms with Gasteiger partial charge in [0.2, 0.25) is 15.9 Å². The molecular weight excluding hydrogens is 328 g/mol. The number of amides is 1. The van der Waals surface area contributed by atoms with Crippen LogP contribution in [0.4, 0.5) is 0 Å². The van der Waals surface area contributed by atoms with Gasteiger partial charge in [-0.25, -0.2) is 8.42 Å². The van der Waals surface area contributed by atoms with Crippen LogP contribution in [0.3, 0.4) is 0 Å². The van der Waals surface area contributed by atoms with Crippen molar-refractivity contribution in [1.82, 2.24) is 9.21 Å². The quantitative estimate of drug-likeness (QED) is 0.752. The van der Waals surface area contributed by atoms with Gasteiger partial charge in [0.15, 0.2) is 0 Å². The fourth-order valence-corrected chi connectivity index (χ4v) is 4.18. The molecule has 0 radical (unpaired) electrons. The second-order valence-corrected chi connectivity index (χ2v) is 7.72. The molecule has 1 fully saturated rings. The fraction of sp³-hybridized carbons (Fsp3) is 0.588. The Balaban J connectivity index is 2.10. The molecule has 1 heterocycles. The Bertz CT molecular complexity index is 637.